The summed E-state index contributed by atoms with van der Waals surface area (Å²) in [5.74, 6) is 0. The smallest absolute Gasteiger partial charge is 0.0206 e. The van der Waals surface area contributed by atoms with E-state index in [2.05, 4.69) is 57.8 Å². The highest BCUT2D eigenvalue weighted by molar-refractivity contribution is 9.10. The van der Waals surface area contributed by atoms with Crippen molar-refractivity contribution in [1.82, 2.24) is 10.6 Å². The van der Waals surface area contributed by atoms with Gasteiger partial charge in [0.2, 0.25) is 0 Å². The molecule has 0 radical (unpaired) electrons. The van der Waals surface area contributed by atoms with E-state index in [1.807, 2.05) is 0 Å². The first kappa shape index (κ1) is 11.7. The van der Waals surface area contributed by atoms with Crippen molar-refractivity contribution in [2.75, 3.05) is 19.6 Å². The van der Waals surface area contributed by atoms with Crippen molar-refractivity contribution >= 4 is 15.9 Å². The molecule has 0 bridgehead atoms. The molecule has 0 aliphatic carbocycles. The minimum Gasteiger partial charge on any atom is -0.316 e. The van der Waals surface area contributed by atoms with Crippen LogP contribution in [0.25, 0.3) is 0 Å². The molecule has 14 heavy (non-hydrogen) atoms. The van der Waals surface area contributed by atoms with E-state index in [1.54, 1.807) is 0 Å². The van der Waals surface area contributed by atoms with Crippen LogP contribution in [0.1, 0.15) is 12.5 Å². The van der Waals surface area contributed by atoms with Crippen LogP contribution in [0.5, 0.6) is 0 Å². The average molecular weight is 257 g/mol. The predicted octanol–water partition coefficient (Wildman–Crippen LogP) is 2.15. The van der Waals surface area contributed by atoms with Crippen LogP contribution in [-0.2, 0) is 6.54 Å². The van der Waals surface area contributed by atoms with Gasteiger partial charge in [0, 0.05) is 24.1 Å². The molecule has 2 nitrogen and oxygen atoms in total. The van der Waals surface area contributed by atoms with Crippen molar-refractivity contribution in [2.45, 2.75) is 13.5 Å². The van der Waals surface area contributed by atoms with Gasteiger partial charge in [-0.15, -0.1) is 0 Å². The third kappa shape index (κ3) is 4.74. The van der Waals surface area contributed by atoms with Crippen LogP contribution in [0.4, 0.5) is 0 Å². The number of nitrogens with one attached hydrogen (secondary N) is 2. The zero-order valence-electron chi connectivity index (χ0n) is 8.52. The van der Waals surface area contributed by atoms with Gasteiger partial charge in [-0.25, -0.2) is 0 Å². The second-order valence-corrected chi connectivity index (χ2v) is 4.07. The SMILES string of the molecule is CCNCCNCc1ccc(Br)cc1. The summed E-state index contributed by atoms with van der Waals surface area (Å²) in [4.78, 5) is 0. The summed E-state index contributed by atoms with van der Waals surface area (Å²) in [6, 6.07) is 8.40. The molecule has 0 unspecified atom stereocenters. The quantitative estimate of drug-likeness (QED) is 0.763. The molecule has 1 rings (SSSR count). The summed E-state index contributed by atoms with van der Waals surface area (Å²) in [5.41, 5.74) is 1.32. The maximum atomic E-state index is 3.42. The Balaban J connectivity index is 2.15. The molecular weight excluding hydrogens is 240 g/mol. The molecule has 1 aromatic carbocycles. The maximum Gasteiger partial charge on any atom is 0.0206 e. The molecule has 0 aliphatic heterocycles. The Labute approximate surface area is 94.2 Å². The zero-order chi connectivity index (χ0) is 10.2. The number of halogens is 1. The molecule has 1 aromatic rings. The first-order valence-electron chi connectivity index (χ1n) is 4.99. The van der Waals surface area contributed by atoms with Gasteiger partial charge in [-0.1, -0.05) is 35.0 Å². The van der Waals surface area contributed by atoms with Gasteiger partial charge < -0.3 is 10.6 Å². The molecule has 0 atom stereocenters. The monoisotopic (exact) mass is 256 g/mol. The van der Waals surface area contributed by atoms with Crippen LogP contribution in [0.3, 0.4) is 0 Å². The molecule has 0 spiro atoms. The minimum atomic E-state index is 0.943. The van der Waals surface area contributed by atoms with Crippen LogP contribution in [0.15, 0.2) is 28.7 Å². The number of hydrogen-bond acceptors (Lipinski definition) is 2. The first-order valence-corrected chi connectivity index (χ1v) is 5.78. The van der Waals surface area contributed by atoms with Crippen molar-refractivity contribution in [1.29, 1.82) is 0 Å². The van der Waals surface area contributed by atoms with E-state index in [1.165, 1.54) is 5.56 Å². The lowest BCUT2D eigenvalue weighted by Crippen LogP contribution is -2.26. The van der Waals surface area contributed by atoms with Gasteiger partial charge in [-0.3, -0.25) is 0 Å². The van der Waals surface area contributed by atoms with Crippen molar-refractivity contribution in [3.63, 3.8) is 0 Å². The van der Waals surface area contributed by atoms with Crippen LogP contribution in [-0.4, -0.2) is 19.6 Å². The van der Waals surface area contributed by atoms with Gasteiger partial charge in [-0.05, 0) is 24.2 Å². The van der Waals surface area contributed by atoms with Gasteiger partial charge >= 0.3 is 0 Å². The van der Waals surface area contributed by atoms with E-state index in [-0.39, 0.29) is 0 Å². The van der Waals surface area contributed by atoms with Crippen molar-refractivity contribution < 1.29 is 0 Å². The number of rotatable bonds is 6. The largest absolute Gasteiger partial charge is 0.316 e. The Morgan fingerprint density at radius 1 is 1.07 bits per heavy atom. The zero-order valence-corrected chi connectivity index (χ0v) is 10.1. The lowest BCUT2D eigenvalue weighted by Gasteiger charge is -2.05. The number of benzene rings is 1. The predicted molar refractivity (Wildman–Crippen MR) is 64.4 cm³/mol. The molecule has 3 heteroatoms. The third-order valence-corrected chi connectivity index (χ3v) is 2.50. The average Bonchev–Trinajstić information content (AvgIpc) is 2.21. The Morgan fingerprint density at radius 3 is 2.36 bits per heavy atom. The Bertz CT molecular complexity index is 246. The lowest BCUT2D eigenvalue weighted by molar-refractivity contribution is 0.625. The number of hydrogen-bond donors (Lipinski definition) is 2. The second-order valence-electron chi connectivity index (χ2n) is 3.16. The molecule has 0 aliphatic rings. The maximum absolute atomic E-state index is 3.42. The standard InChI is InChI=1S/C11H17BrN2/c1-2-13-7-8-14-9-10-3-5-11(12)6-4-10/h3-6,13-14H,2,7-9H2,1H3. The molecule has 2 N–H and O–H groups in total. The third-order valence-electron chi connectivity index (χ3n) is 1.97. The minimum absolute atomic E-state index is 0.943. The van der Waals surface area contributed by atoms with E-state index in [4.69, 9.17) is 0 Å². The normalized spacial score (nSPS) is 10.4. The molecule has 78 valence electrons. The molecule has 0 aromatic heterocycles. The second kappa shape index (κ2) is 6.98. The summed E-state index contributed by atoms with van der Waals surface area (Å²) in [5, 5.41) is 6.65. The van der Waals surface area contributed by atoms with Gasteiger partial charge in [0.25, 0.3) is 0 Å². The van der Waals surface area contributed by atoms with E-state index >= 15 is 0 Å². The van der Waals surface area contributed by atoms with Crippen LogP contribution in [0, 0.1) is 0 Å². The summed E-state index contributed by atoms with van der Waals surface area (Å²) in [6.45, 7) is 6.16. The first-order chi connectivity index (χ1) is 6.83. The summed E-state index contributed by atoms with van der Waals surface area (Å²) < 4.78 is 1.13. The van der Waals surface area contributed by atoms with E-state index in [9.17, 15) is 0 Å². The molecule has 0 saturated heterocycles. The Kier molecular flexibility index (Phi) is 5.83. The summed E-state index contributed by atoms with van der Waals surface area (Å²) in [7, 11) is 0. The van der Waals surface area contributed by atoms with E-state index in [0.717, 1.165) is 30.7 Å². The highest BCUT2D eigenvalue weighted by atomic mass is 79.9. The topological polar surface area (TPSA) is 24.1 Å². The molecule has 0 saturated carbocycles. The van der Waals surface area contributed by atoms with E-state index < -0.39 is 0 Å². The van der Waals surface area contributed by atoms with Gasteiger partial charge in [0.15, 0.2) is 0 Å². The summed E-state index contributed by atoms with van der Waals surface area (Å²) >= 11 is 3.42. The van der Waals surface area contributed by atoms with Gasteiger partial charge in [0.1, 0.15) is 0 Å². The summed E-state index contributed by atoms with van der Waals surface area (Å²) in [6.07, 6.45) is 0. The van der Waals surface area contributed by atoms with Gasteiger partial charge in [-0.2, -0.15) is 0 Å². The molecule has 0 amide bonds. The fourth-order valence-electron chi connectivity index (χ4n) is 1.19. The highest BCUT2D eigenvalue weighted by Crippen LogP contribution is 2.09. The van der Waals surface area contributed by atoms with Crippen molar-refractivity contribution in [2.24, 2.45) is 0 Å². The van der Waals surface area contributed by atoms with Gasteiger partial charge in [0.05, 0.1) is 0 Å². The van der Waals surface area contributed by atoms with E-state index in [0.29, 0.717) is 0 Å². The fraction of sp³-hybridized carbons (Fsp3) is 0.455. The van der Waals surface area contributed by atoms with Crippen molar-refractivity contribution in [3.05, 3.63) is 34.3 Å². The Morgan fingerprint density at radius 2 is 1.71 bits per heavy atom. The Hall–Kier alpha value is -0.380. The molecule has 0 fully saturated rings. The number of likely N-dealkylation sites (N-methyl/N-ethyl adjacent to an activating group) is 1. The van der Waals surface area contributed by atoms with Crippen LogP contribution >= 0.6 is 15.9 Å². The van der Waals surface area contributed by atoms with Crippen molar-refractivity contribution in [3.8, 4) is 0 Å². The molecule has 0 heterocycles. The highest BCUT2D eigenvalue weighted by Gasteiger charge is 1.91. The van der Waals surface area contributed by atoms with Crippen LogP contribution < -0.4 is 10.6 Å². The lowest BCUT2D eigenvalue weighted by atomic mass is 10.2. The fourth-order valence-corrected chi connectivity index (χ4v) is 1.45. The van der Waals surface area contributed by atoms with Crippen LogP contribution in [0.2, 0.25) is 0 Å². The molecular formula is C11H17BrN2.